The van der Waals surface area contributed by atoms with Crippen molar-refractivity contribution < 1.29 is 22.8 Å². The van der Waals surface area contributed by atoms with Gasteiger partial charge in [0.1, 0.15) is 11.4 Å². The highest BCUT2D eigenvalue weighted by molar-refractivity contribution is 6.00. The summed E-state index contributed by atoms with van der Waals surface area (Å²) in [5.74, 6) is -5.27. The number of hydrogen-bond acceptors (Lipinski definition) is 4. The molecule has 2 aromatic rings. The van der Waals surface area contributed by atoms with Gasteiger partial charge in [-0.1, -0.05) is 0 Å². The maximum Gasteiger partial charge on any atom is 0.274 e. The molecule has 10 heteroatoms. The third kappa shape index (κ3) is 2.88. The van der Waals surface area contributed by atoms with Gasteiger partial charge in [0.05, 0.1) is 5.69 Å². The van der Waals surface area contributed by atoms with Crippen molar-refractivity contribution in [1.29, 1.82) is 0 Å². The van der Waals surface area contributed by atoms with Crippen molar-refractivity contribution in [3.05, 3.63) is 46.0 Å². The fraction of sp³-hybridized carbons (Fsp3) is 0.389. The molecule has 7 nitrogen and oxygen atoms in total. The standard InChI is InChI=1S/C18H18F3N5O2/c19-10-8-11(20)15(22)13(14(10)21)17(27)25-4-6-26(7-5-25)18(28)16-9-2-1-3-12(9)23-24-16/h8H,1-7,22H2,(H,23,24). The topological polar surface area (TPSA) is 95.3 Å². The molecule has 148 valence electrons. The molecule has 1 aliphatic carbocycles. The molecule has 1 aliphatic heterocycles. The Labute approximate surface area is 158 Å². The molecule has 1 fully saturated rings. The smallest absolute Gasteiger partial charge is 0.274 e. The van der Waals surface area contributed by atoms with Crippen LogP contribution in [0.3, 0.4) is 0 Å². The number of hydrogen-bond donors (Lipinski definition) is 2. The zero-order valence-corrected chi connectivity index (χ0v) is 14.9. The van der Waals surface area contributed by atoms with Gasteiger partial charge in [-0.3, -0.25) is 14.7 Å². The molecule has 3 N–H and O–H groups in total. The molecular weight excluding hydrogens is 375 g/mol. The lowest BCUT2D eigenvalue weighted by Gasteiger charge is -2.34. The number of anilines is 1. The maximum absolute atomic E-state index is 14.0. The van der Waals surface area contributed by atoms with Crippen LogP contribution < -0.4 is 5.73 Å². The molecule has 1 aromatic heterocycles. The highest BCUT2D eigenvalue weighted by Gasteiger charge is 2.32. The second-order valence-electron chi connectivity index (χ2n) is 6.91. The average Bonchev–Trinajstić information content (AvgIpc) is 3.30. The Kier molecular flexibility index (Phi) is 4.48. The van der Waals surface area contributed by atoms with Gasteiger partial charge in [-0.25, -0.2) is 13.2 Å². The number of carbonyl (C=O) groups is 2. The van der Waals surface area contributed by atoms with Crippen molar-refractivity contribution in [1.82, 2.24) is 20.0 Å². The van der Waals surface area contributed by atoms with E-state index in [1.807, 2.05) is 0 Å². The minimum atomic E-state index is -1.48. The summed E-state index contributed by atoms with van der Waals surface area (Å²) in [6, 6.07) is 0.306. The summed E-state index contributed by atoms with van der Waals surface area (Å²) < 4.78 is 41.1. The van der Waals surface area contributed by atoms with Crippen molar-refractivity contribution in [2.75, 3.05) is 31.9 Å². The van der Waals surface area contributed by atoms with Crippen LogP contribution in [-0.4, -0.2) is 58.0 Å². The predicted molar refractivity (Wildman–Crippen MR) is 93.1 cm³/mol. The van der Waals surface area contributed by atoms with Gasteiger partial charge in [-0.05, 0) is 19.3 Å². The number of carbonyl (C=O) groups excluding carboxylic acids is 2. The Morgan fingerprint density at radius 2 is 1.64 bits per heavy atom. The van der Waals surface area contributed by atoms with Crippen molar-refractivity contribution >= 4 is 17.5 Å². The molecule has 0 spiro atoms. The molecule has 1 aromatic carbocycles. The number of halogens is 3. The van der Waals surface area contributed by atoms with Crippen molar-refractivity contribution in [3.63, 3.8) is 0 Å². The lowest BCUT2D eigenvalue weighted by atomic mass is 10.1. The number of aryl methyl sites for hydroxylation is 1. The average molecular weight is 393 g/mol. The first kappa shape index (κ1) is 18.3. The highest BCUT2D eigenvalue weighted by atomic mass is 19.2. The van der Waals surface area contributed by atoms with Crippen LogP contribution in [0.25, 0.3) is 0 Å². The summed E-state index contributed by atoms with van der Waals surface area (Å²) in [4.78, 5) is 28.1. The van der Waals surface area contributed by atoms with Crippen LogP contribution in [0.2, 0.25) is 0 Å². The first-order valence-corrected chi connectivity index (χ1v) is 8.96. The zero-order chi connectivity index (χ0) is 20.0. The van der Waals surface area contributed by atoms with E-state index in [0.29, 0.717) is 11.8 Å². The van der Waals surface area contributed by atoms with Gasteiger partial charge >= 0.3 is 0 Å². The van der Waals surface area contributed by atoms with E-state index < -0.39 is 34.6 Å². The van der Waals surface area contributed by atoms with E-state index >= 15 is 0 Å². The van der Waals surface area contributed by atoms with Gasteiger partial charge in [0.25, 0.3) is 11.8 Å². The number of rotatable bonds is 2. The molecule has 28 heavy (non-hydrogen) atoms. The number of fused-ring (bicyclic) bond motifs is 1. The Morgan fingerprint density at radius 3 is 2.32 bits per heavy atom. The van der Waals surface area contributed by atoms with E-state index in [4.69, 9.17) is 5.73 Å². The van der Waals surface area contributed by atoms with E-state index in [0.717, 1.165) is 30.5 Å². The SMILES string of the molecule is Nc1c(F)cc(F)c(F)c1C(=O)N1CCN(C(=O)c2n[nH]c3c2CCC3)CC1. The van der Waals surface area contributed by atoms with Crippen LogP contribution >= 0.6 is 0 Å². The van der Waals surface area contributed by atoms with E-state index in [2.05, 4.69) is 10.2 Å². The molecular formula is C18H18F3N5O2. The summed E-state index contributed by atoms with van der Waals surface area (Å²) in [7, 11) is 0. The fourth-order valence-electron chi connectivity index (χ4n) is 3.74. The highest BCUT2D eigenvalue weighted by Crippen LogP contribution is 2.26. The third-order valence-corrected chi connectivity index (χ3v) is 5.29. The molecule has 2 amide bonds. The number of nitrogens with one attached hydrogen (secondary N) is 1. The van der Waals surface area contributed by atoms with Crippen molar-refractivity contribution in [3.8, 4) is 0 Å². The molecule has 0 bridgehead atoms. The van der Waals surface area contributed by atoms with Crippen LogP contribution in [0.4, 0.5) is 18.9 Å². The number of benzene rings is 1. The first-order chi connectivity index (χ1) is 13.4. The Bertz CT molecular complexity index is 940. The molecule has 0 atom stereocenters. The minimum Gasteiger partial charge on any atom is -0.396 e. The quantitative estimate of drug-likeness (QED) is 0.597. The fourth-order valence-corrected chi connectivity index (χ4v) is 3.74. The zero-order valence-electron chi connectivity index (χ0n) is 14.9. The maximum atomic E-state index is 14.0. The van der Waals surface area contributed by atoms with Gasteiger partial charge in [-0.2, -0.15) is 5.10 Å². The van der Waals surface area contributed by atoms with Crippen LogP contribution in [0.5, 0.6) is 0 Å². The van der Waals surface area contributed by atoms with Crippen LogP contribution in [-0.2, 0) is 12.8 Å². The van der Waals surface area contributed by atoms with Gasteiger partial charge < -0.3 is 15.5 Å². The molecule has 1 saturated heterocycles. The van der Waals surface area contributed by atoms with E-state index in [1.165, 1.54) is 4.90 Å². The van der Waals surface area contributed by atoms with Gasteiger partial charge in [-0.15, -0.1) is 0 Å². The van der Waals surface area contributed by atoms with Gasteiger partial charge in [0.2, 0.25) is 0 Å². The van der Waals surface area contributed by atoms with Crippen LogP contribution in [0.15, 0.2) is 6.07 Å². The second-order valence-corrected chi connectivity index (χ2v) is 6.91. The number of nitrogens with zero attached hydrogens (tertiary/aromatic N) is 3. The summed E-state index contributed by atoms with van der Waals surface area (Å²) in [5.41, 5.74) is 6.22. The van der Waals surface area contributed by atoms with Gasteiger partial charge in [0.15, 0.2) is 17.3 Å². The number of aromatic nitrogens is 2. The number of nitrogens with two attached hydrogens (primary N) is 1. The number of nitrogen functional groups attached to an aromatic ring is 1. The Hall–Kier alpha value is -3.04. The van der Waals surface area contributed by atoms with Crippen molar-refractivity contribution in [2.24, 2.45) is 0 Å². The van der Waals surface area contributed by atoms with E-state index in [9.17, 15) is 22.8 Å². The van der Waals surface area contributed by atoms with Gasteiger partial charge in [0, 0.05) is 43.5 Å². The molecule has 2 heterocycles. The molecule has 0 unspecified atom stereocenters. The monoisotopic (exact) mass is 393 g/mol. The van der Waals surface area contributed by atoms with Crippen molar-refractivity contribution in [2.45, 2.75) is 19.3 Å². The largest absolute Gasteiger partial charge is 0.396 e. The first-order valence-electron chi connectivity index (χ1n) is 8.96. The minimum absolute atomic E-state index is 0.0915. The van der Waals surface area contributed by atoms with Crippen LogP contribution in [0.1, 0.15) is 38.5 Å². The number of piperazine rings is 1. The number of amides is 2. The normalized spacial score (nSPS) is 16.4. The summed E-state index contributed by atoms with van der Waals surface area (Å²) in [5, 5.41) is 7.00. The Balaban J connectivity index is 1.47. The van der Waals surface area contributed by atoms with E-state index in [-0.39, 0.29) is 32.1 Å². The summed E-state index contributed by atoms with van der Waals surface area (Å²) >= 11 is 0. The molecule has 2 aliphatic rings. The third-order valence-electron chi connectivity index (χ3n) is 5.29. The lowest BCUT2D eigenvalue weighted by molar-refractivity contribution is 0.0529. The molecule has 0 radical (unpaired) electrons. The predicted octanol–water partition coefficient (Wildman–Crippen LogP) is 1.50. The number of aromatic amines is 1. The summed E-state index contributed by atoms with van der Waals surface area (Å²) in [6.45, 7) is 0.583. The number of H-pyrrole nitrogens is 1. The van der Waals surface area contributed by atoms with Crippen LogP contribution in [0, 0.1) is 17.5 Å². The second kappa shape index (κ2) is 6.84. The molecule has 4 rings (SSSR count). The lowest BCUT2D eigenvalue weighted by Crippen LogP contribution is -2.51. The Morgan fingerprint density at radius 1 is 1.00 bits per heavy atom. The summed E-state index contributed by atoms with van der Waals surface area (Å²) in [6.07, 6.45) is 2.65. The van der Waals surface area contributed by atoms with E-state index in [1.54, 1.807) is 4.90 Å². The molecule has 0 saturated carbocycles.